The molecule has 24 valence electrons. The SMILES string of the molecule is O.[Ca+2].[Fe].[H-].[H-].[H-].[H-].[Sr+2]. The third-order valence-electron chi connectivity index (χ3n) is 0. The van der Waals surface area contributed by atoms with Gasteiger partial charge in [-0.3, -0.25) is 0 Å². The van der Waals surface area contributed by atoms with Crippen LogP contribution in [0.25, 0.3) is 0 Å². The van der Waals surface area contributed by atoms with Crippen LogP contribution in [0, 0.1) is 0 Å². The zero-order valence-corrected chi connectivity index (χ0v) is 9.06. The summed E-state index contributed by atoms with van der Waals surface area (Å²) in [6.07, 6.45) is 0. The summed E-state index contributed by atoms with van der Waals surface area (Å²) in [7, 11) is 0. The van der Waals surface area contributed by atoms with Crippen molar-refractivity contribution in [1.82, 2.24) is 0 Å². The van der Waals surface area contributed by atoms with Crippen molar-refractivity contribution < 1.29 is 28.3 Å². The molecule has 4 heteroatoms. The molecule has 0 heterocycles. The van der Waals surface area contributed by atoms with Gasteiger partial charge in [-0.25, -0.2) is 0 Å². The zero-order chi connectivity index (χ0) is 0. The van der Waals surface area contributed by atoms with Gasteiger partial charge in [0.25, 0.3) is 0 Å². The molecule has 1 nitrogen and oxygen atoms in total. The Hall–Kier alpha value is 3.22. The Kier molecular flexibility index (Phi) is 110. The molecule has 0 spiro atoms. The fourth-order valence-electron chi connectivity index (χ4n) is 0. The van der Waals surface area contributed by atoms with Crippen molar-refractivity contribution in [3.63, 3.8) is 0 Å². The molecule has 0 radical (unpaired) electrons. The van der Waals surface area contributed by atoms with Crippen LogP contribution in [0.3, 0.4) is 0 Å². The summed E-state index contributed by atoms with van der Waals surface area (Å²) in [5, 5.41) is 0. The van der Waals surface area contributed by atoms with Crippen LogP contribution in [-0.4, -0.2) is 88.7 Å². The third-order valence-corrected chi connectivity index (χ3v) is 0. The Balaban J connectivity index is 0. The Morgan fingerprint density at radius 2 is 1.25 bits per heavy atom. The van der Waals surface area contributed by atoms with E-state index in [9.17, 15) is 0 Å². The molecule has 0 fully saturated rings. The predicted octanol–water partition coefficient (Wildman–Crippen LogP) is -1.14. The maximum Gasteiger partial charge on any atom is 2.00 e. The Morgan fingerprint density at radius 1 is 1.25 bits per heavy atom. The van der Waals surface area contributed by atoms with Crippen LogP contribution in [0.4, 0.5) is 0 Å². The molecule has 0 rings (SSSR count). The van der Waals surface area contributed by atoms with Gasteiger partial charge in [0.2, 0.25) is 0 Å². The first-order valence-electron chi connectivity index (χ1n) is 0. The van der Waals surface area contributed by atoms with E-state index in [-0.39, 0.29) is 111 Å². The molecule has 0 aromatic heterocycles. The van der Waals surface area contributed by atoms with Crippen molar-refractivity contribution in [2.45, 2.75) is 0 Å². The average Bonchev–Trinajstić information content (AvgIpc) is 0. The molecule has 0 saturated carbocycles. The molecule has 0 aliphatic rings. The van der Waals surface area contributed by atoms with Gasteiger partial charge in [-0.1, -0.05) is 0 Å². The summed E-state index contributed by atoms with van der Waals surface area (Å²) >= 11 is 0. The minimum absolute atomic E-state index is 0. The van der Waals surface area contributed by atoms with E-state index in [1.807, 2.05) is 0 Å². The quantitative estimate of drug-likeness (QED) is 0.448. The molecule has 0 amide bonds. The molecule has 0 aromatic rings. The standard InChI is InChI=1S/Ca.Fe.H2O.Sr.4H/h;;1H2;;;;;/q+2;;;+2;4*-1. The van der Waals surface area contributed by atoms with Crippen molar-refractivity contribution in [3.8, 4) is 0 Å². The van der Waals surface area contributed by atoms with E-state index in [2.05, 4.69) is 0 Å². The first-order valence-corrected chi connectivity index (χ1v) is 0. The van der Waals surface area contributed by atoms with Gasteiger partial charge in [-0.05, 0) is 0 Å². The van der Waals surface area contributed by atoms with Crippen molar-refractivity contribution in [2.24, 2.45) is 0 Å². The summed E-state index contributed by atoms with van der Waals surface area (Å²) < 4.78 is 0. The van der Waals surface area contributed by atoms with Gasteiger partial charge >= 0.3 is 83.2 Å². The molecule has 0 bridgehead atoms. The molecule has 0 aliphatic carbocycles. The van der Waals surface area contributed by atoms with Gasteiger partial charge in [-0.2, -0.15) is 0 Å². The molecule has 4 heavy (non-hydrogen) atoms. The number of hydrogen-bond donors (Lipinski definition) is 0. The maximum atomic E-state index is 0. The smallest absolute Gasteiger partial charge is 1.00 e. The molecule has 0 aromatic carbocycles. The predicted molar refractivity (Wildman–Crippen MR) is 19.6 cm³/mol. The molecule has 0 unspecified atom stereocenters. The van der Waals surface area contributed by atoms with Gasteiger partial charge in [-0.15, -0.1) is 0 Å². The molecule has 0 saturated heterocycles. The monoisotopic (exact) mass is 206 g/mol. The van der Waals surface area contributed by atoms with Gasteiger partial charge in [0.05, 0.1) is 0 Å². The van der Waals surface area contributed by atoms with E-state index in [0.29, 0.717) is 0 Å². The first-order chi connectivity index (χ1) is 0. The van der Waals surface area contributed by atoms with E-state index in [0.717, 1.165) is 0 Å². The van der Waals surface area contributed by atoms with Crippen LogP contribution >= 0.6 is 0 Å². The first kappa shape index (κ1) is 26.9. The van der Waals surface area contributed by atoms with E-state index in [4.69, 9.17) is 0 Å². The largest absolute Gasteiger partial charge is 2.00 e. The van der Waals surface area contributed by atoms with Crippen molar-refractivity contribution in [1.29, 1.82) is 0 Å². The minimum atomic E-state index is 0. The molecular formula is H6CaFeOSr. The summed E-state index contributed by atoms with van der Waals surface area (Å²) in [6.45, 7) is 0. The second-order valence-electron chi connectivity index (χ2n) is 0. The van der Waals surface area contributed by atoms with E-state index in [1.54, 1.807) is 0 Å². The Bertz CT molecular complexity index is 16.0. The maximum absolute atomic E-state index is 0. The van der Waals surface area contributed by atoms with Crippen LogP contribution < -0.4 is 0 Å². The van der Waals surface area contributed by atoms with Gasteiger partial charge < -0.3 is 11.2 Å². The van der Waals surface area contributed by atoms with Crippen LogP contribution in [-0.2, 0) is 17.1 Å². The topological polar surface area (TPSA) is 31.5 Å². The minimum Gasteiger partial charge on any atom is -1.00 e. The molecule has 2 N–H and O–H groups in total. The van der Waals surface area contributed by atoms with Crippen LogP contribution in [0.15, 0.2) is 0 Å². The molecular weight excluding hydrogens is 200 g/mol. The second-order valence-corrected chi connectivity index (χ2v) is 0. The van der Waals surface area contributed by atoms with Crippen molar-refractivity contribution in [2.75, 3.05) is 0 Å². The van der Waals surface area contributed by atoms with E-state index >= 15 is 0 Å². The molecule has 0 atom stereocenters. The fraction of sp³-hybridized carbons (Fsp3) is 0. The summed E-state index contributed by atoms with van der Waals surface area (Å²) in [4.78, 5) is 0. The Morgan fingerprint density at radius 3 is 1.25 bits per heavy atom. The third kappa shape index (κ3) is 8.97. The second kappa shape index (κ2) is 16.3. The van der Waals surface area contributed by atoms with E-state index < -0.39 is 0 Å². The van der Waals surface area contributed by atoms with Gasteiger partial charge in [0.15, 0.2) is 0 Å². The van der Waals surface area contributed by atoms with E-state index in [1.165, 1.54) is 0 Å². The number of rotatable bonds is 0. The summed E-state index contributed by atoms with van der Waals surface area (Å²) in [6, 6.07) is 0. The molecule has 0 aliphatic heterocycles. The average molecular weight is 206 g/mol. The Labute approximate surface area is 109 Å². The normalized spacial score (nSPS) is 0. The van der Waals surface area contributed by atoms with Crippen LogP contribution in [0.2, 0.25) is 0 Å². The van der Waals surface area contributed by atoms with Gasteiger partial charge in [0.1, 0.15) is 0 Å². The number of hydrogen-bond acceptors (Lipinski definition) is 0. The fourth-order valence-corrected chi connectivity index (χ4v) is 0. The zero-order valence-electron chi connectivity index (χ0n) is 6.27. The van der Waals surface area contributed by atoms with Gasteiger partial charge in [0, 0.05) is 17.1 Å². The summed E-state index contributed by atoms with van der Waals surface area (Å²) in [5.74, 6) is 0. The van der Waals surface area contributed by atoms with Crippen molar-refractivity contribution in [3.05, 3.63) is 0 Å². The van der Waals surface area contributed by atoms with Crippen LogP contribution in [0.5, 0.6) is 0 Å². The summed E-state index contributed by atoms with van der Waals surface area (Å²) in [5.41, 5.74) is 0. The van der Waals surface area contributed by atoms with Crippen LogP contribution in [0.1, 0.15) is 5.71 Å². The van der Waals surface area contributed by atoms with Crippen molar-refractivity contribution >= 4 is 83.2 Å².